The van der Waals surface area contributed by atoms with Crippen molar-refractivity contribution in [2.75, 3.05) is 13.6 Å². The van der Waals surface area contributed by atoms with Crippen molar-refractivity contribution < 1.29 is 9.21 Å². The van der Waals surface area contributed by atoms with E-state index < -0.39 is 0 Å². The first-order valence-electron chi connectivity index (χ1n) is 7.64. The first-order valence-corrected chi connectivity index (χ1v) is 7.64. The molecule has 2 N–H and O–H groups in total. The van der Waals surface area contributed by atoms with Crippen molar-refractivity contribution in [1.29, 1.82) is 0 Å². The van der Waals surface area contributed by atoms with E-state index in [1.54, 1.807) is 0 Å². The maximum atomic E-state index is 12.0. The van der Waals surface area contributed by atoms with E-state index >= 15 is 0 Å². The summed E-state index contributed by atoms with van der Waals surface area (Å²) in [6.07, 6.45) is 2.16. The molecule has 21 heavy (non-hydrogen) atoms. The van der Waals surface area contributed by atoms with Crippen LogP contribution in [0.5, 0.6) is 0 Å². The average Bonchev–Trinajstić information content (AvgIpc) is 3.34. The molecule has 0 aromatic carbocycles. The van der Waals surface area contributed by atoms with Gasteiger partial charge in [-0.05, 0) is 44.9 Å². The Labute approximate surface area is 132 Å². The van der Waals surface area contributed by atoms with Crippen LogP contribution < -0.4 is 10.6 Å². The van der Waals surface area contributed by atoms with Gasteiger partial charge in [-0.3, -0.25) is 4.79 Å². The molecule has 0 radical (unpaired) electrons. The number of nitrogens with one attached hydrogen (secondary N) is 2. The number of likely N-dealkylation sites (N-methyl/N-ethyl adjacent to an activating group) is 1. The second kappa shape index (κ2) is 6.41. The van der Waals surface area contributed by atoms with Crippen molar-refractivity contribution in [3.05, 3.63) is 23.7 Å². The summed E-state index contributed by atoms with van der Waals surface area (Å²) in [5.74, 6) is 4.05. The Morgan fingerprint density at radius 1 is 1.33 bits per heavy atom. The predicted octanol–water partition coefficient (Wildman–Crippen LogP) is 2.65. The lowest BCUT2D eigenvalue weighted by Crippen LogP contribution is -2.37. The molecule has 2 fully saturated rings. The highest BCUT2D eigenvalue weighted by atomic mass is 35.5. The Hall–Kier alpha value is -1.00. The van der Waals surface area contributed by atoms with Gasteiger partial charge in [0.2, 0.25) is 5.91 Å². The Bertz CT molecular complexity index is 502. The van der Waals surface area contributed by atoms with Crippen molar-refractivity contribution in [1.82, 2.24) is 10.6 Å². The molecule has 1 heterocycles. The molecule has 0 bridgehead atoms. The van der Waals surface area contributed by atoms with Gasteiger partial charge in [-0.25, -0.2) is 0 Å². The molecule has 0 aliphatic heterocycles. The fourth-order valence-electron chi connectivity index (χ4n) is 2.77. The lowest BCUT2D eigenvalue weighted by Gasteiger charge is -2.10. The first-order chi connectivity index (χ1) is 9.60. The SMILES string of the molecule is CNC(C)CNC(=O)C1CC1c1ccc(C2CC2C)o1.Cl. The minimum Gasteiger partial charge on any atom is -0.465 e. The standard InChI is InChI=1S/C16H24N2O2.ClH/c1-9-6-11(9)14-4-5-15(20-14)12-7-13(12)16(19)18-8-10(2)17-3;/h4-5,9-13,17H,6-8H2,1-3H3,(H,18,19);1H. The molecule has 5 unspecified atom stereocenters. The number of carbonyl (C=O) groups is 1. The molecule has 3 rings (SSSR count). The van der Waals surface area contributed by atoms with E-state index in [2.05, 4.69) is 36.6 Å². The zero-order valence-electron chi connectivity index (χ0n) is 12.9. The minimum absolute atomic E-state index is 0. The summed E-state index contributed by atoms with van der Waals surface area (Å²) in [4.78, 5) is 12.0. The van der Waals surface area contributed by atoms with E-state index in [4.69, 9.17) is 4.42 Å². The predicted molar refractivity (Wildman–Crippen MR) is 84.9 cm³/mol. The highest BCUT2D eigenvalue weighted by Gasteiger charge is 2.46. The van der Waals surface area contributed by atoms with Crippen LogP contribution >= 0.6 is 12.4 Å². The molecule has 0 saturated heterocycles. The first kappa shape index (κ1) is 16.4. The number of halogens is 1. The Morgan fingerprint density at radius 2 is 1.95 bits per heavy atom. The molecule has 118 valence electrons. The van der Waals surface area contributed by atoms with Gasteiger partial charge in [0.25, 0.3) is 0 Å². The van der Waals surface area contributed by atoms with Gasteiger partial charge in [-0.2, -0.15) is 0 Å². The summed E-state index contributed by atoms with van der Waals surface area (Å²) in [7, 11) is 1.90. The number of hydrogen-bond donors (Lipinski definition) is 2. The summed E-state index contributed by atoms with van der Waals surface area (Å²) in [6.45, 7) is 4.99. The quantitative estimate of drug-likeness (QED) is 0.849. The van der Waals surface area contributed by atoms with Gasteiger partial charge in [0, 0.05) is 30.3 Å². The highest BCUT2D eigenvalue weighted by Crippen LogP contribution is 2.51. The van der Waals surface area contributed by atoms with Gasteiger partial charge >= 0.3 is 0 Å². The van der Waals surface area contributed by atoms with Gasteiger partial charge in [0.15, 0.2) is 0 Å². The van der Waals surface area contributed by atoms with E-state index in [1.807, 2.05) is 7.05 Å². The van der Waals surface area contributed by atoms with Gasteiger partial charge in [-0.1, -0.05) is 6.92 Å². The smallest absolute Gasteiger partial charge is 0.223 e. The summed E-state index contributed by atoms with van der Waals surface area (Å²) < 4.78 is 5.94. The van der Waals surface area contributed by atoms with E-state index in [0.29, 0.717) is 24.4 Å². The lowest BCUT2D eigenvalue weighted by atomic mass is 10.2. The summed E-state index contributed by atoms with van der Waals surface area (Å²) in [5, 5.41) is 6.12. The zero-order chi connectivity index (χ0) is 14.3. The van der Waals surface area contributed by atoms with E-state index in [9.17, 15) is 4.79 Å². The minimum atomic E-state index is 0. The van der Waals surface area contributed by atoms with Crippen molar-refractivity contribution in [3.63, 3.8) is 0 Å². The van der Waals surface area contributed by atoms with Gasteiger partial charge in [0.1, 0.15) is 11.5 Å². The fraction of sp³-hybridized carbons (Fsp3) is 0.688. The number of hydrogen-bond acceptors (Lipinski definition) is 3. The summed E-state index contributed by atoms with van der Waals surface area (Å²) >= 11 is 0. The molecule has 1 aromatic heterocycles. The Morgan fingerprint density at radius 3 is 2.52 bits per heavy atom. The number of furan rings is 1. The molecule has 5 heteroatoms. The van der Waals surface area contributed by atoms with Crippen LogP contribution in [0.25, 0.3) is 0 Å². The van der Waals surface area contributed by atoms with Crippen molar-refractivity contribution in [3.8, 4) is 0 Å². The number of rotatable bonds is 6. The topological polar surface area (TPSA) is 54.3 Å². The van der Waals surface area contributed by atoms with Crippen molar-refractivity contribution >= 4 is 18.3 Å². The third-order valence-corrected chi connectivity index (χ3v) is 4.69. The molecule has 2 saturated carbocycles. The molecule has 2 aliphatic carbocycles. The maximum absolute atomic E-state index is 12.0. The average molecular weight is 313 g/mol. The molecule has 0 spiro atoms. The van der Waals surface area contributed by atoms with Crippen LogP contribution in [0.1, 0.15) is 50.0 Å². The van der Waals surface area contributed by atoms with Crippen LogP contribution in [0.15, 0.2) is 16.5 Å². The molecule has 1 aromatic rings. The highest BCUT2D eigenvalue weighted by molar-refractivity contribution is 5.85. The molecule has 1 amide bonds. The fourth-order valence-corrected chi connectivity index (χ4v) is 2.77. The number of carbonyl (C=O) groups excluding carboxylic acids is 1. The van der Waals surface area contributed by atoms with Crippen LogP contribution in [0.4, 0.5) is 0 Å². The molecule has 4 nitrogen and oxygen atoms in total. The van der Waals surface area contributed by atoms with Crippen LogP contribution in [-0.2, 0) is 4.79 Å². The van der Waals surface area contributed by atoms with E-state index in [1.165, 1.54) is 6.42 Å². The third kappa shape index (κ3) is 3.61. The Kier molecular flexibility index (Phi) is 4.99. The summed E-state index contributed by atoms with van der Waals surface area (Å²) in [6, 6.07) is 4.47. The second-order valence-corrected chi connectivity index (χ2v) is 6.44. The number of amides is 1. The van der Waals surface area contributed by atoms with Crippen LogP contribution in [0.2, 0.25) is 0 Å². The van der Waals surface area contributed by atoms with Crippen molar-refractivity contribution in [2.45, 2.75) is 44.6 Å². The molecule has 5 atom stereocenters. The van der Waals surface area contributed by atoms with Crippen LogP contribution in [0, 0.1) is 11.8 Å². The van der Waals surface area contributed by atoms with Gasteiger partial charge in [0.05, 0.1) is 0 Å². The molecular weight excluding hydrogens is 288 g/mol. The van der Waals surface area contributed by atoms with E-state index in [-0.39, 0.29) is 24.2 Å². The summed E-state index contributed by atoms with van der Waals surface area (Å²) in [5.41, 5.74) is 0. The van der Waals surface area contributed by atoms with Crippen LogP contribution in [0.3, 0.4) is 0 Å². The lowest BCUT2D eigenvalue weighted by molar-refractivity contribution is -0.122. The van der Waals surface area contributed by atoms with Crippen LogP contribution in [-0.4, -0.2) is 25.5 Å². The molecular formula is C16H25ClN2O2. The third-order valence-electron chi connectivity index (χ3n) is 4.69. The Balaban J connectivity index is 0.00000161. The zero-order valence-corrected chi connectivity index (χ0v) is 13.7. The largest absolute Gasteiger partial charge is 0.465 e. The van der Waals surface area contributed by atoms with Gasteiger partial charge in [-0.15, -0.1) is 12.4 Å². The second-order valence-electron chi connectivity index (χ2n) is 6.44. The molecule has 2 aliphatic rings. The van der Waals surface area contributed by atoms with Crippen molar-refractivity contribution in [2.24, 2.45) is 11.8 Å². The monoisotopic (exact) mass is 312 g/mol. The van der Waals surface area contributed by atoms with Gasteiger partial charge < -0.3 is 15.1 Å². The van der Waals surface area contributed by atoms with E-state index in [0.717, 1.165) is 23.9 Å². The maximum Gasteiger partial charge on any atom is 0.223 e. The normalized spacial score (nSPS) is 31.2.